The standard InChI is InChI=1S/C12H12IN3O2/c13-10-11(14-7-15-12(10)17)16(8-3-4-8)6-9-2-1-5-18-9/h1-2,5,7-8H,3-4,6H2,(H,14,15,17). The van der Waals surface area contributed by atoms with E-state index in [4.69, 9.17) is 4.42 Å². The lowest BCUT2D eigenvalue weighted by Crippen LogP contribution is -2.29. The van der Waals surface area contributed by atoms with Gasteiger partial charge < -0.3 is 14.3 Å². The van der Waals surface area contributed by atoms with Gasteiger partial charge in [0.05, 0.1) is 19.1 Å². The maximum absolute atomic E-state index is 11.6. The lowest BCUT2D eigenvalue weighted by Gasteiger charge is -2.22. The lowest BCUT2D eigenvalue weighted by atomic mass is 10.3. The van der Waals surface area contributed by atoms with E-state index in [1.807, 2.05) is 34.7 Å². The van der Waals surface area contributed by atoms with Crippen LogP contribution in [0.5, 0.6) is 0 Å². The maximum Gasteiger partial charge on any atom is 0.266 e. The van der Waals surface area contributed by atoms with Crippen LogP contribution in [0.3, 0.4) is 0 Å². The van der Waals surface area contributed by atoms with E-state index in [1.54, 1.807) is 6.26 Å². The second kappa shape index (κ2) is 4.75. The van der Waals surface area contributed by atoms with Crippen molar-refractivity contribution in [2.75, 3.05) is 4.90 Å². The molecule has 1 saturated carbocycles. The summed E-state index contributed by atoms with van der Waals surface area (Å²) in [6, 6.07) is 4.28. The van der Waals surface area contributed by atoms with Gasteiger partial charge in [0.15, 0.2) is 0 Å². The van der Waals surface area contributed by atoms with Gasteiger partial charge in [-0.2, -0.15) is 0 Å². The molecular weight excluding hydrogens is 345 g/mol. The van der Waals surface area contributed by atoms with Gasteiger partial charge in [-0.05, 0) is 47.6 Å². The molecule has 1 N–H and O–H groups in total. The Kier molecular flexibility index (Phi) is 3.11. The van der Waals surface area contributed by atoms with Crippen LogP contribution in [0, 0.1) is 3.57 Å². The molecule has 2 aromatic rings. The molecule has 0 spiro atoms. The normalized spacial score (nSPS) is 14.7. The molecule has 6 heteroatoms. The van der Waals surface area contributed by atoms with E-state index < -0.39 is 0 Å². The molecule has 0 bridgehead atoms. The van der Waals surface area contributed by atoms with Crippen LogP contribution < -0.4 is 10.5 Å². The Bertz CT molecular complexity index is 590. The van der Waals surface area contributed by atoms with Crippen molar-refractivity contribution in [3.8, 4) is 0 Å². The molecular formula is C12H12IN3O2. The molecule has 2 heterocycles. The summed E-state index contributed by atoms with van der Waals surface area (Å²) in [5.41, 5.74) is -0.0919. The van der Waals surface area contributed by atoms with Crippen molar-refractivity contribution >= 4 is 28.4 Å². The molecule has 1 aliphatic carbocycles. The number of anilines is 1. The van der Waals surface area contributed by atoms with E-state index in [1.165, 1.54) is 6.33 Å². The van der Waals surface area contributed by atoms with Crippen LogP contribution in [0.15, 0.2) is 33.9 Å². The van der Waals surface area contributed by atoms with Crippen molar-refractivity contribution in [2.24, 2.45) is 0 Å². The highest BCUT2D eigenvalue weighted by atomic mass is 127. The molecule has 18 heavy (non-hydrogen) atoms. The molecule has 0 aromatic carbocycles. The molecule has 1 fully saturated rings. The third-order valence-electron chi connectivity index (χ3n) is 2.94. The molecule has 0 atom stereocenters. The summed E-state index contributed by atoms with van der Waals surface area (Å²) < 4.78 is 6.01. The molecule has 3 rings (SSSR count). The second-order valence-electron chi connectivity index (χ2n) is 4.31. The van der Waals surface area contributed by atoms with E-state index >= 15 is 0 Å². The molecule has 0 radical (unpaired) electrons. The van der Waals surface area contributed by atoms with Gasteiger partial charge in [0, 0.05) is 6.04 Å². The van der Waals surface area contributed by atoms with Crippen LogP contribution >= 0.6 is 22.6 Å². The Morgan fingerprint density at radius 1 is 1.56 bits per heavy atom. The topological polar surface area (TPSA) is 62.1 Å². The molecule has 0 amide bonds. The quantitative estimate of drug-likeness (QED) is 0.852. The number of nitrogens with one attached hydrogen (secondary N) is 1. The molecule has 5 nitrogen and oxygen atoms in total. The fourth-order valence-corrected chi connectivity index (χ4v) is 2.51. The van der Waals surface area contributed by atoms with Crippen molar-refractivity contribution in [1.82, 2.24) is 9.97 Å². The van der Waals surface area contributed by atoms with Crippen molar-refractivity contribution in [3.05, 3.63) is 44.4 Å². The summed E-state index contributed by atoms with van der Waals surface area (Å²) in [5.74, 6) is 1.64. The van der Waals surface area contributed by atoms with Crippen LogP contribution in [0.25, 0.3) is 0 Å². The molecule has 0 aliphatic heterocycles. The Morgan fingerprint density at radius 3 is 3.06 bits per heavy atom. The number of nitrogens with zero attached hydrogens (tertiary/aromatic N) is 2. The number of rotatable bonds is 4. The maximum atomic E-state index is 11.6. The zero-order chi connectivity index (χ0) is 12.5. The highest BCUT2D eigenvalue weighted by molar-refractivity contribution is 14.1. The van der Waals surface area contributed by atoms with Crippen LogP contribution in [0.1, 0.15) is 18.6 Å². The zero-order valence-corrected chi connectivity index (χ0v) is 11.8. The molecule has 0 unspecified atom stereocenters. The number of hydrogen-bond acceptors (Lipinski definition) is 4. The average molecular weight is 357 g/mol. The number of H-pyrrole nitrogens is 1. The number of furan rings is 1. The van der Waals surface area contributed by atoms with E-state index in [0.29, 0.717) is 16.2 Å². The molecule has 94 valence electrons. The minimum absolute atomic E-state index is 0.0919. The Labute approximate surface area is 117 Å². The van der Waals surface area contributed by atoms with Gasteiger partial charge in [-0.15, -0.1) is 0 Å². The van der Waals surface area contributed by atoms with Crippen molar-refractivity contribution in [1.29, 1.82) is 0 Å². The summed E-state index contributed by atoms with van der Waals surface area (Å²) in [5, 5.41) is 0. The molecule has 0 saturated heterocycles. The third kappa shape index (κ3) is 2.29. The van der Waals surface area contributed by atoms with Crippen LogP contribution in [-0.2, 0) is 6.54 Å². The van der Waals surface area contributed by atoms with Gasteiger partial charge in [0.2, 0.25) is 0 Å². The van der Waals surface area contributed by atoms with E-state index in [-0.39, 0.29) is 5.56 Å². The molecule has 2 aromatic heterocycles. The Balaban J connectivity index is 1.94. The van der Waals surface area contributed by atoms with E-state index in [2.05, 4.69) is 14.9 Å². The summed E-state index contributed by atoms with van der Waals surface area (Å²) in [7, 11) is 0. The SMILES string of the molecule is O=c1[nH]cnc(N(Cc2ccco2)C2CC2)c1I. The highest BCUT2D eigenvalue weighted by Gasteiger charge is 2.32. The Morgan fingerprint density at radius 2 is 2.39 bits per heavy atom. The predicted molar refractivity (Wildman–Crippen MR) is 75.5 cm³/mol. The van der Waals surface area contributed by atoms with E-state index in [0.717, 1.165) is 24.4 Å². The van der Waals surface area contributed by atoms with Gasteiger partial charge in [-0.3, -0.25) is 4.79 Å². The smallest absolute Gasteiger partial charge is 0.266 e. The predicted octanol–water partition coefficient (Wildman–Crippen LogP) is 2.14. The fraction of sp³-hybridized carbons (Fsp3) is 0.333. The van der Waals surface area contributed by atoms with Crippen molar-refractivity contribution < 1.29 is 4.42 Å². The first-order valence-corrected chi connectivity index (χ1v) is 6.86. The monoisotopic (exact) mass is 357 g/mol. The summed E-state index contributed by atoms with van der Waals surface area (Å²) >= 11 is 2.04. The first kappa shape index (κ1) is 11.8. The average Bonchev–Trinajstić information content (AvgIpc) is 3.08. The number of hydrogen-bond donors (Lipinski definition) is 1. The Hall–Kier alpha value is -1.31. The summed E-state index contributed by atoms with van der Waals surface area (Å²) in [4.78, 5) is 20.7. The fourth-order valence-electron chi connectivity index (χ4n) is 1.91. The van der Waals surface area contributed by atoms with Crippen LogP contribution in [-0.4, -0.2) is 16.0 Å². The lowest BCUT2D eigenvalue weighted by molar-refractivity contribution is 0.500. The minimum Gasteiger partial charge on any atom is -0.467 e. The number of halogens is 1. The van der Waals surface area contributed by atoms with Crippen LogP contribution in [0.2, 0.25) is 0 Å². The first-order chi connectivity index (χ1) is 8.75. The summed E-state index contributed by atoms with van der Waals surface area (Å²) in [6.45, 7) is 0.657. The van der Waals surface area contributed by atoms with Gasteiger partial charge >= 0.3 is 0 Å². The first-order valence-electron chi connectivity index (χ1n) is 5.78. The van der Waals surface area contributed by atoms with Crippen molar-refractivity contribution in [2.45, 2.75) is 25.4 Å². The highest BCUT2D eigenvalue weighted by Crippen LogP contribution is 2.33. The zero-order valence-electron chi connectivity index (χ0n) is 9.60. The largest absolute Gasteiger partial charge is 0.467 e. The number of aromatic amines is 1. The second-order valence-corrected chi connectivity index (χ2v) is 5.39. The van der Waals surface area contributed by atoms with Gasteiger partial charge in [-0.25, -0.2) is 4.98 Å². The summed E-state index contributed by atoms with van der Waals surface area (Å²) in [6.07, 6.45) is 5.41. The van der Waals surface area contributed by atoms with Crippen LogP contribution in [0.4, 0.5) is 5.82 Å². The van der Waals surface area contributed by atoms with Gasteiger partial charge in [0.25, 0.3) is 5.56 Å². The number of aromatic nitrogens is 2. The third-order valence-corrected chi connectivity index (χ3v) is 3.92. The molecule has 1 aliphatic rings. The minimum atomic E-state index is -0.0919. The van der Waals surface area contributed by atoms with Gasteiger partial charge in [0.1, 0.15) is 15.1 Å². The van der Waals surface area contributed by atoms with Gasteiger partial charge in [-0.1, -0.05) is 0 Å². The van der Waals surface area contributed by atoms with E-state index in [9.17, 15) is 4.79 Å². The van der Waals surface area contributed by atoms with Crippen molar-refractivity contribution in [3.63, 3.8) is 0 Å².